The van der Waals surface area contributed by atoms with Crippen LogP contribution in [-0.4, -0.2) is 8.07 Å². The Kier molecular flexibility index (Phi) is 36.0. The van der Waals surface area contributed by atoms with E-state index in [0.29, 0.717) is 17.4 Å². The van der Waals surface area contributed by atoms with Gasteiger partial charge in [0, 0.05) is 0 Å². The average molecular weight is 1040 g/mol. The molecule has 5 heteroatoms. The number of aryl methyl sites for hydroxylation is 6. The topological polar surface area (TPSA) is 0 Å². The molecule has 3 aromatic carbocycles. The molecule has 1 fully saturated rings. The van der Waals surface area contributed by atoms with Crippen LogP contribution in [0, 0.1) is 18.3 Å². The Labute approximate surface area is 455 Å². The molecule has 1 saturated carbocycles. The molecule has 68 heavy (non-hydrogen) atoms. The molecule has 378 valence electrons. The van der Waals surface area contributed by atoms with Gasteiger partial charge in [-0.2, -0.15) is 5.54 Å². The summed E-state index contributed by atoms with van der Waals surface area (Å²) >= 11 is 0. The van der Waals surface area contributed by atoms with E-state index in [-0.39, 0.29) is 58.9 Å². The minimum absolute atomic E-state index is 0. The number of unbranched alkanes of at least 4 members (excludes halogenated alkanes) is 18. The molecule has 5 rings (SSSR count). The summed E-state index contributed by atoms with van der Waals surface area (Å²) in [6, 6.07) is 25.0. The Bertz CT molecular complexity index is 1530. The fourth-order valence-electron chi connectivity index (χ4n) is 11.6. The van der Waals surface area contributed by atoms with Crippen LogP contribution in [0.1, 0.15) is 235 Å². The first-order chi connectivity index (χ1) is 31.5. The van der Waals surface area contributed by atoms with Crippen molar-refractivity contribution in [2.45, 2.75) is 246 Å². The van der Waals surface area contributed by atoms with Crippen LogP contribution in [0.2, 0.25) is 5.54 Å². The van der Waals surface area contributed by atoms with Crippen LogP contribution in [0.15, 0.2) is 78.9 Å². The van der Waals surface area contributed by atoms with E-state index in [9.17, 15) is 0 Å². The fraction of sp³-hybridized carbons (Fsp3) is 0.635. The SMILES string of the molecule is CCCCCCc1cc(CCCCCC)cc([Si](c2cc(CCCCCC)cc(CCCCCC)c2)(c2cc(CCCCCC)cc(CCCCCC)c2)C2[CH-]C3C=CC=CC3C2)c1.[Cl-].[Cl-].[Cl-].[Ti+4]. The normalized spacial score (nSPS) is 16.1. The van der Waals surface area contributed by atoms with Gasteiger partial charge in [0.15, 0.2) is 0 Å². The molecule has 3 unspecified atom stereocenters. The number of allylic oxidation sites excluding steroid dienone is 4. The van der Waals surface area contributed by atoms with E-state index in [0.717, 1.165) is 0 Å². The van der Waals surface area contributed by atoms with Crippen molar-refractivity contribution < 1.29 is 58.9 Å². The van der Waals surface area contributed by atoms with E-state index in [2.05, 4.69) is 127 Å². The van der Waals surface area contributed by atoms with Crippen molar-refractivity contribution in [1.29, 1.82) is 0 Å². The van der Waals surface area contributed by atoms with E-state index in [1.54, 1.807) is 48.9 Å². The molecule has 0 saturated heterocycles. The number of benzene rings is 3. The van der Waals surface area contributed by atoms with Gasteiger partial charge in [-0.3, -0.25) is 0 Å². The molecule has 0 bridgehead atoms. The summed E-state index contributed by atoms with van der Waals surface area (Å²) in [6.07, 6.45) is 53.1. The molecule has 2 aliphatic rings. The molecule has 0 N–H and O–H groups in total. The second kappa shape index (κ2) is 37.7. The van der Waals surface area contributed by atoms with Gasteiger partial charge in [0.2, 0.25) is 0 Å². The smallest absolute Gasteiger partial charge is 1.00 e. The molecule has 3 aromatic rings. The predicted molar refractivity (Wildman–Crippen MR) is 289 cm³/mol. The number of rotatable bonds is 34. The summed E-state index contributed by atoms with van der Waals surface area (Å²) in [5, 5.41) is 5.21. The van der Waals surface area contributed by atoms with Gasteiger partial charge in [-0.1, -0.05) is 252 Å². The first kappa shape index (κ1) is 65.0. The van der Waals surface area contributed by atoms with Gasteiger partial charge in [0.1, 0.15) is 8.07 Å². The van der Waals surface area contributed by atoms with Crippen molar-refractivity contribution >= 4 is 23.6 Å². The van der Waals surface area contributed by atoms with Gasteiger partial charge >= 0.3 is 21.7 Å². The van der Waals surface area contributed by atoms with Crippen molar-refractivity contribution in [3.63, 3.8) is 0 Å². The van der Waals surface area contributed by atoms with Crippen molar-refractivity contribution in [2.75, 3.05) is 0 Å². The summed E-state index contributed by atoms with van der Waals surface area (Å²) in [6.45, 7) is 14.2. The van der Waals surface area contributed by atoms with Gasteiger partial charge in [0.25, 0.3) is 0 Å². The predicted octanol–water partition coefficient (Wildman–Crippen LogP) is 8.24. The third-order valence-electron chi connectivity index (χ3n) is 15.3. The monoisotopic (exact) mass is 1030 g/mol. The van der Waals surface area contributed by atoms with E-state index in [1.807, 2.05) is 0 Å². The van der Waals surface area contributed by atoms with Gasteiger partial charge in [-0.05, 0) is 116 Å². The number of fused-ring (bicyclic) bond motifs is 1. The average Bonchev–Trinajstić information content (AvgIpc) is 3.75. The number of halogens is 3. The molecular formula is C63H97Cl3SiTi. The van der Waals surface area contributed by atoms with E-state index < -0.39 is 8.07 Å². The summed E-state index contributed by atoms with van der Waals surface area (Å²) in [5.41, 5.74) is 10.3. The van der Waals surface area contributed by atoms with Gasteiger partial charge in [-0.25, -0.2) is 0 Å². The second-order valence-electron chi connectivity index (χ2n) is 20.8. The number of hydrogen-bond donors (Lipinski definition) is 0. The third-order valence-corrected chi connectivity index (χ3v) is 20.4. The van der Waals surface area contributed by atoms with Crippen molar-refractivity contribution in [3.8, 4) is 0 Å². The minimum atomic E-state index is -2.72. The van der Waals surface area contributed by atoms with Crippen molar-refractivity contribution in [3.05, 3.63) is 119 Å². The quantitative estimate of drug-likeness (QED) is 0.0245. The maximum atomic E-state index is 2.93. The summed E-state index contributed by atoms with van der Waals surface area (Å²) in [5.74, 6) is 1.13. The molecule has 0 aliphatic heterocycles. The van der Waals surface area contributed by atoms with Gasteiger partial charge < -0.3 is 43.6 Å². The molecule has 0 heterocycles. The van der Waals surface area contributed by atoms with Crippen LogP contribution in [-0.2, 0) is 60.2 Å². The van der Waals surface area contributed by atoms with Crippen molar-refractivity contribution in [1.82, 2.24) is 0 Å². The second-order valence-corrected chi connectivity index (χ2v) is 24.9. The van der Waals surface area contributed by atoms with Crippen molar-refractivity contribution in [2.24, 2.45) is 11.8 Å². The Balaban J connectivity index is 0.00000578. The zero-order valence-corrected chi connectivity index (χ0v) is 49.2. The molecular weight excluding hydrogens is 939 g/mol. The zero-order chi connectivity index (χ0) is 45.2. The maximum Gasteiger partial charge on any atom is 4.00 e. The molecule has 3 atom stereocenters. The Morgan fingerprint density at radius 2 is 0.632 bits per heavy atom. The minimum Gasteiger partial charge on any atom is -1.00 e. The Hall–Kier alpha value is -1.06. The standard InChI is InChI=1S/C63H97Si.3ClH.Ti/c1-7-13-19-25-33-52-41-53(34-26-20-14-8-2)45-60(44-52)64(63-50-58-39-31-32-40-59(58)51-63,61-46-54(35-27-21-15-9-3)42-55(47-61)36-28-22-16-10-4)62-48-56(37-29-23-17-11-5)43-57(49-62)38-30-24-18-12-6;;;;/h31-32,39-50,58-59,63H,7-30,33-38,51H2,1-6H3;3*1H;/q-1;;;;+4/p-3. The zero-order valence-electron chi connectivity index (χ0n) is 44.4. The molecule has 0 amide bonds. The Morgan fingerprint density at radius 1 is 0.368 bits per heavy atom. The van der Waals surface area contributed by atoms with Crippen LogP contribution in [0.4, 0.5) is 0 Å². The van der Waals surface area contributed by atoms with Crippen LogP contribution in [0.3, 0.4) is 0 Å². The van der Waals surface area contributed by atoms with Crippen LogP contribution < -0.4 is 52.8 Å². The molecule has 0 aromatic heterocycles. The third kappa shape index (κ3) is 20.5. The largest absolute Gasteiger partial charge is 4.00 e. The Morgan fingerprint density at radius 3 is 0.882 bits per heavy atom. The van der Waals surface area contributed by atoms with Gasteiger partial charge in [0.05, 0.1) is 0 Å². The first-order valence-corrected chi connectivity index (χ1v) is 30.2. The van der Waals surface area contributed by atoms with E-state index in [1.165, 1.54) is 199 Å². The summed E-state index contributed by atoms with van der Waals surface area (Å²) < 4.78 is 0. The van der Waals surface area contributed by atoms with Crippen LogP contribution in [0.5, 0.6) is 0 Å². The summed E-state index contributed by atoms with van der Waals surface area (Å²) in [4.78, 5) is 0. The fourth-order valence-corrected chi connectivity index (χ4v) is 17.5. The van der Waals surface area contributed by atoms with E-state index in [4.69, 9.17) is 0 Å². The maximum absolute atomic E-state index is 2.93. The van der Waals surface area contributed by atoms with Gasteiger partial charge in [-0.15, -0.1) is 12.0 Å². The van der Waals surface area contributed by atoms with E-state index >= 15 is 0 Å². The molecule has 0 nitrogen and oxygen atoms in total. The molecule has 0 radical (unpaired) electrons. The molecule has 0 spiro atoms. The van der Waals surface area contributed by atoms with Crippen LogP contribution >= 0.6 is 0 Å². The molecule has 2 aliphatic carbocycles. The first-order valence-electron chi connectivity index (χ1n) is 28.1. The summed E-state index contributed by atoms with van der Waals surface area (Å²) in [7, 11) is -2.72. The van der Waals surface area contributed by atoms with Crippen LogP contribution in [0.25, 0.3) is 0 Å². The number of hydrogen-bond acceptors (Lipinski definition) is 0.